The van der Waals surface area contributed by atoms with E-state index in [1.165, 1.54) is 13.8 Å². The van der Waals surface area contributed by atoms with Gasteiger partial charge in [0.2, 0.25) is 0 Å². The standard InChI is InChI=1S/C7H13FO2S/c1-5(6(9)10)11-4-7(2,3)8/h5H,4H2,1-3H3,(H,9,10). The fourth-order valence-electron chi connectivity index (χ4n) is 0.394. The number of carboxylic acid groups (broad SMARTS) is 1. The molecule has 0 rings (SSSR count). The van der Waals surface area contributed by atoms with Crippen molar-refractivity contribution in [2.45, 2.75) is 31.7 Å². The number of aliphatic carboxylic acids is 1. The van der Waals surface area contributed by atoms with Gasteiger partial charge >= 0.3 is 5.97 Å². The number of hydrogen-bond donors (Lipinski definition) is 1. The average molecular weight is 180 g/mol. The molecule has 0 aromatic rings. The Bertz CT molecular complexity index is 142. The monoisotopic (exact) mass is 180 g/mol. The van der Waals surface area contributed by atoms with Gasteiger partial charge in [0.1, 0.15) is 5.67 Å². The Kier molecular flexibility index (Phi) is 3.86. The van der Waals surface area contributed by atoms with E-state index < -0.39 is 16.9 Å². The van der Waals surface area contributed by atoms with E-state index in [0.717, 1.165) is 11.8 Å². The quantitative estimate of drug-likeness (QED) is 0.718. The molecule has 66 valence electrons. The third-order valence-corrected chi connectivity index (χ3v) is 2.58. The molecule has 2 nitrogen and oxygen atoms in total. The molecule has 0 saturated carbocycles. The lowest BCUT2D eigenvalue weighted by atomic mass is 10.2. The van der Waals surface area contributed by atoms with Gasteiger partial charge in [0.05, 0.1) is 5.25 Å². The summed E-state index contributed by atoms with van der Waals surface area (Å²) in [5.41, 5.74) is -1.28. The van der Waals surface area contributed by atoms with Crippen LogP contribution in [0.2, 0.25) is 0 Å². The van der Waals surface area contributed by atoms with Crippen LogP contribution in [-0.4, -0.2) is 27.7 Å². The molecule has 0 fully saturated rings. The van der Waals surface area contributed by atoms with E-state index in [9.17, 15) is 9.18 Å². The minimum atomic E-state index is -1.28. The molecule has 1 N–H and O–H groups in total. The van der Waals surface area contributed by atoms with Gasteiger partial charge in [-0.05, 0) is 20.8 Å². The van der Waals surface area contributed by atoms with Crippen molar-refractivity contribution in [2.75, 3.05) is 5.75 Å². The van der Waals surface area contributed by atoms with Gasteiger partial charge in [-0.3, -0.25) is 4.79 Å². The van der Waals surface area contributed by atoms with Crippen molar-refractivity contribution in [2.24, 2.45) is 0 Å². The van der Waals surface area contributed by atoms with Crippen molar-refractivity contribution >= 4 is 17.7 Å². The lowest BCUT2D eigenvalue weighted by Crippen LogP contribution is -2.20. The van der Waals surface area contributed by atoms with Crippen molar-refractivity contribution in [3.05, 3.63) is 0 Å². The largest absolute Gasteiger partial charge is 0.480 e. The number of hydrogen-bond acceptors (Lipinski definition) is 2. The van der Waals surface area contributed by atoms with Crippen LogP contribution in [0, 0.1) is 0 Å². The van der Waals surface area contributed by atoms with Gasteiger partial charge in [-0.2, -0.15) is 0 Å². The number of carboxylic acids is 1. The zero-order valence-corrected chi connectivity index (χ0v) is 7.74. The second kappa shape index (κ2) is 3.95. The smallest absolute Gasteiger partial charge is 0.316 e. The molecule has 11 heavy (non-hydrogen) atoms. The summed E-state index contributed by atoms with van der Waals surface area (Å²) in [5.74, 6) is -0.667. The van der Waals surface area contributed by atoms with Crippen LogP contribution in [0.3, 0.4) is 0 Å². The predicted octanol–water partition coefficient (Wildman–Crippen LogP) is 1.94. The Labute approximate surface area is 70.2 Å². The topological polar surface area (TPSA) is 37.3 Å². The number of alkyl halides is 1. The van der Waals surface area contributed by atoms with Crippen LogP contribution < -0.4 is 0 Å². The summed E-state index contributed by atoms with van der Waals surface area (Å²) < 4.78 is 12.8. The van der Waals surface area contributed by atoms with Gasteiger partial charge in [-0.1, -0.05) is 0 Å². The van der Waals surface area contributed by atoms with Gasteiger partial charge in [-0.15, -0.1) is 11.8 Å². The molecule has 0 heterocycles. The second-order valence-electron chi connectivity index (χ2n) is 3.01. The molecule has 1 atom stereocenters. The normalized spacial score (nSPS) is 14.5. The fourth-order valence-corrected chi connectivity index (χ4v) is 1.18. The first-order valence-electron chi connectivity index (χ1n) is 3.36. The Morgan fingerprint density at radius 3 is 2.45 bits per heavy atom. The van der Waals surface area contributed by atoms with Crippen LogP contribution in [0.5, 0.6) is 0 Å². The van der Waals surface area contributed by atoms with Crippen molar-refractivity contribution in [3.63, 3.8) is 0 Å². The van der Waals surface area contributed by atoms with Crippen LogP contribution >= 0.6 is 11.8 Å². The minimum absolute atomic E-state index is 0.223. The molecule has 4 heteroatoms. The summed E-state index contributed by atoms with van der Waals surface area (Å²) in [4.78, 5) is 10.3. The van der Waals surface area contributed by atoms with Crippen LogP contribution in [0.1, 0.15) is 20.8 Å². The van der Waals surface area contributed by atoms with Crippen molar-refractivity contribution in [1.82, 2.24) is 0 Å². The van der Waals surface area contributed by atoms with Crippen LogP contribution in [0.15, 0.2) is 0 Å². The second-order valence-corrected chi connectivity index (χ2v) is 4.34. The summed E-state index contributed by atoms with van der Waals surface area (Å²) in [5, 5.41) is 7.91. The molecule has 1 unspecified atom stereocenters. The van der Waals surface area contributed by atoms with E-state index in [4.69, 9.17) is 5.11 Å². The predicted molar refractivity (Wildman–Crippen MR) is 44.7 cm³/mol. The molecule has 0 radical (unpaired) electrons. The molecule has 0 aromatic carbocycles. The number of carbonyl (C=O) groups is 1. The highest BCUT2D eigenvalue weighted by Gasteiger charge is 2.19. The summed E-state index contributed by atoms with van der Waals surface area (Å²) in [6, 6.07) is 0. The first-order valence-corrected chi connectivity index (χ1v) is 4.41. The number of halogens is 1. The first-order chi connectivity index (χ1) is 4.83. The van der Waals surface area contributed by atoms with E-state index in [-0.39, 0.29) is 5.75 Å². The highest BCUT2D eigenvalue weighted by molar-refractivity contribution is 8.00. The Morgan fingerprint density at radius 1 is 1.73 bits per heavy atom. The Balaban J connectivity index is 3.63. The maximum absolute atomic E-state index is 12.8. The molecular weight excluding hydrogens is 167 g/mol. The highest BCUT2D eigenvalue weighted by Crippen LogP contribution is 2.20. The number of rotatable bonds is 4. The lowest BCUT2D eigenvalue weighted by Gasteiger charge is -2.14. The molecule has 0 amide bonds. The molecule has 0 aliphatic carbocycles. The summed E-state index contributed by atoms with van der Waals surface area (Å²) in [6.07, 6.45) is 0. The molecule has 0 bridgehead atoms. The SMILES string of the molecule is CC(SCC(C)(C)F)C(=O)O. The summed E-state index contributed by atoms with van der Waals surface area (Å²) >= 11 is 1.12. The zero-order chi connectivity index (χ0) is 9.07. The van der Waals surface area contributed by atoms with Crippen LogP contribution in [0.4, 0.5) is 4.39 Å². The maximum atomic E-state index is 12.8. The molecule has 0 aliphatic rings. The van der Waals surface area contributed by atoms with Crippen LogP contribution in [-0.2, 0) is 4.79 Å². The van der Waals surface area contributed by atoms with E-state index in [0.29, 0.717) is 0 Å². The maximum Gasteiger partial charge on any atom is 0.316 e. The average Bonchev–Trinajstić information content (AvgIpc) is 1.80. The van der Waals surface area contributed by atoms with E-state index in [1.807, 2.05) is 0 Å². The van der Waals surface area contributed by atoms with Gasteiger partial charge in [0, 0.05) is 5.75 Å². The van der Waals surface area contributed by atoms with Gasteiger partial charge < -0.3 is 5.11 Å². The molecule has 0 spiro atoms. The molecular formula is C7H13FO2S. The van der Waals surface area contributed by atoms with E-state index in [2.05, 4.69) is 0 Å². The van der Waals surface area contributed by atoms with Crippen molar-refractivity contribution < 1.29 is 14.3 Å². The minimum Gasteiger partial charge on any atom is -0.480 e. The fraction of sp³-hybridized carbons (Fsp3) is 0.857. The van der Waals surface area contributed by atoms with Gasteiger partial charge in [0.25, 0.3) is 0 Å². The Hall–Kier alpha value is -0.250. The third-order valence-electron chi connectivity index (χ3n) is 1.02. The highest BCUT2D eigenvalue weighted by atomic mass is 32.2. The summed E-state index contributed by atoms with van der Waals surface area (Å²) in [7, 11) is 0. The van der Waals surface area contributed by atoms with Gasteiger partial charge in [-0.25, -0.2) is 4.39 Å². The van der Waals surface area contributed by atoms with Crippen molar-refractivity contribution in [3.8, 4) is 0 Å². The van der Waals surface area contributed by atoms with Crippen molar-refractivity contribution in [1.29, 1.82) is 0 Å². The van der Waals surface area contributed by atoms with E-state index in [1.54, 1.807) is 6.92 Å². The van der Waals surface area contributed by atoms with Gasteiger partial charge in [0.15, 0.2) is 0 Å². The first kappa shape index (κ1) is 10.8. The third kappa shape index (κ3) is 6.16. The summed E-state index contributed by atoms with van der Waals surface area (Å²) in [6.45, 7) is 4.43. The lowest BCUT2D eigenvalue weighted by molar-refractivity contribution is -0.136. The molecule has 0 aromatic heterocycles. The molecule has 0 saturated heterocycles. The number of thioether (sulfide) groups is 1. The molecule has 0 aliphatic heterocycles. The zero-order valence-electron chi connectivity index (χ0n) is 6.93. The van der Waals surface area contributed by atoms with E-state index >= 15 is 0 Å². The van der Waals surface area contributed by atoms with Crippen LogP contribution in [0.25, 0.3) is 0 Å². The Morgan fingerprint density at radius 2 is 2.18 bits per heavy atom.